The van der Waals surface area contributed by atoms with E-state index in [2.05, 4.69) is 9.55 Å². The molecule has 21 heavy (non-hydrogen) atoms. The van der Waals surface area contributed by atoms with Crippen LogP contribution in [0, 0.1) is 6.92 Å². The summed E-state index contributed by atoms with van der Waals surface area (Å²) >= 11 is 0. The van der Waals surface area contributed by atoms with Crippen LogP contribution in [0.15, 0.2) is 48.5 Å². The summed E-state index contributed by atoms with van der Waals surface area (Å²) in [6.07, 6.45) is 0.489. The molecule has 0 amide bonds. The molecule has 2 aromatic carbocycles. The molecule has 0 radical (unpaired) electrons. The maximum absolute atomic E-state index is 10.9. The number of benzene rings is 2. The number of nitrogens with zero attached hydrogens (tertiary/aromatic N) is 2. The smallest absolute Gasteiger partial charge is 0.112 e. The van der Waals surface area contributed by atoms with Crippen LogP contribution in [0.1, 0.15) is 23.9 Å². The van der Waals surface area contributed by atoms with Crippen molar-refractivity contribution in [3.8, 4) is 0 Å². The Labute approximate surface area is 124 Å². The molecule has 0 saturated heterocycles. The summed E-state index contributed by atoms with van der Waals surface area (Å²) in [5, 5.41) is 10.9. The molecule has 1 N–H and O–H groups in total. The summed E-state index contributed by atoms with van der Waals surface area (Å²) in [5.41, 5.74) is 3.18. The standard InChI is InChI=1S/C18H20N2O/c1-13-8-4-5-9-14(13)18(2,21)12-17-19-15-10-6-7-11-16(15)20(17)3/h4-11,21H,12H2,1-3H3. The van der Waals surface area contributed by atoms with Crippen LogP contribution in [0.5, 0.6) is 0 Å². The molecule has 108 valence electrons. The maximum Gasteiger partial charge on any atom is 0.112 e. The van der Waals surface area contributed by atoms with Gasteiger partial charge in [0.25, 0.3) is 0 Å². The van der Waals surface area contributed by atoms with E-state index in [0.29, 0.717) is 6.42 Å². The molecule has 3 heteroatoms. The molecule has 0 bridgehead atoms. The predicted octanol–water partition coefficient (Wildman–Crippen LogP) is 3.33. The lowest BCUT2D eigenvalue weighted by Crippen LogP contribution is -2.26. The molecule has 0 aliphatic rings. The number of rotatable bonds is 3. The van der Waals surface area contributed by atoms with Crippen molar-refractivity contribution in [2.45, 2.75) is 25.9 Å². The second kappa shape index (κ2) is 5.01. The summed E-state index contributed by atoms with van der Waals surface area (Å²) in [6, 6.07) is 16.0. The van der Waals surface area contributed by atoms with Gasteiger partial charge in [0.05, 0.1) is 16.6 Å². The Bertz CT molecular complexity index is 787. The second-order valence-electron chi connectivity index (χ2n) is 5.84. The molecule has 1 atom stereocenters. The van der Waals surface area contributed by atoms with Gasteiger partial charge in [-0.3, -0.25) is 0 Å². The van der Waals surface area contributed by atoms with Crippen molar-refractivity contribution >= 4 is 11.0 Å². The summed E-state index contributed by atoms with van der Waals surface area (Å²) in [5.74, 6) is 0.893. The zero-order valence-corrected chi connectivity index (χ0v) is 12.7. The van der Waals surface area contributed by atoms with E-state index in [4.69, 9.17) is 0 Å². The fourth-order valence-corrected chi connectivity index (χ4v) is 2.93. The highest BCUT2D eigenvalue weighted by Gasteiger charge is 2.27. The third kappa shape index (κ3) is 2.45. The van der Waals surface area contributed by atoms with Crippen LogP contribution in [0.4, 0.5) is 0 Å². The predicted molar refractivity (Wildman–Crippen MR) is 85.2 cm³/mol. The Morgan fingerprint density at radius 3 is 2.48 bits per heavy atom. The lowest BCUT2D eigenvalue weighted by atomic mass is 9.89. The fourth-order valence-electron chi connectivity index (χ4n) is 2.93. The minimum atomic E-state index is -0.930. The van der Waals surface area contributed by atoms with Crippen molar-refractivity contribution in [2.24, 2.45) is 7.05 Å². The minimum absolute atomic E-state index is 0.489. The van der Waals surface area contributed by atoms with E-state index < -0.39 is 5.60 Å². The number of aliphatic hydroxyl groups is 1. The topological polar surface area (TPSA) is 38.1 Å². The first-order chi connectivity index (χ1) is 9.99. The van der Waals surface area contributed by atoms with Crippen molar-refractivity contribution in [1.82, 2.24) is 9.55 Å². The maximum atomic E-state index is 10.9. The van der Waals surface area contributed by atoms with Gasteiger partial charge in [0.2, 0.25) is 0 Å². The highest BCUT2D eigenvalue weighted by Crippen LogP contribution is 2.28. The number of hydrogen-bond acceptors (Lipinski definition) is 2. The van der Waals surface area contributed by atoms with Crippen molar-refractivity contribution in [2.75, 3.05) is 0 Å². The Kier molecular flexibility index (Phi) is 3.30. The number of aromatic nitrogens is 2. The Hall–Kier alpha value is -2.13. The summed E-state index contributed by atoms with van der Waals surface area (Å²) in [7, 11) is 2.00. The second-order valence-corrected chi connectivity index (χ2v) is 5.84. The van der Waals surface area contributed by atoms with Crippen LogP contribution < -0.4 is 0 Å². The molecular weight excluding hydrogens is 260 g/mol. The zero-order chi connectivity index (χ0) is 15.0. The van der Waals surface area contributed by atoms with E-state index in [1.165, 1.54) is 0 Å². The Balaban J connectivity index is 2.01. The van der Waals surface area contributed by atoms with Gasteiger partial charge in [-0.25, -0.2) is 4.98 Å². The zero-order valence-electron chi connectivity index (χ0n) is 12.7. The van der Waals surface area contributed by atoms with Gasteiger partial charge in [0.15, 0.2) is 0 Å². The largest absolute Gasteiger partial charge is 0.385 e. The Morgan fingerprint density at radius 2 is 1.76 bits per heavy atom. The van der Waals surface area contributed by atoms with E-state index in [1.807, 2.05) is 69.4 Å². The summed E-state index contributed by atoms with van der Waals surface area (Å²) in [6.45, 7) is 3.88. The molecule has 3 nitrogen and oxygen atoms in total. The SMILES string of the molecule is Cc1ccccc1C(C)(O)Cc1nc2ccccc2n1C. The Morgan fingerprint density at radius 1 is 1.10 bits per heavy atom. The minimum Gasteiger partial charge on any atom is -0.385 e. The van der Waals surface area contributed by atoms with Crippen LogP contribution in [0.2, 0.25) is 0 Å². The monoisotopic (exact) mass is 280 g/mol. The normalized spacial score (nSPS) is 14.3. The van der Waals surface area contributed by atoms with Gasteiger partial charge in [-0.15, -0.1) is 0 Å². The van der Waals surface area contributed by atoms with Crippen molar-refractivity contribution < 1.29 is 5.11 Å². The first kappa shape index (κ1) is 13.8. The lowest BCUT2D eigenvalue weighted by molar-refractivity contribution is 0.0542. The molecule has 0 saturated carbocycles. The molecule has 0 spiro atoms. The lowest BCUT2D eigenvalue weighted by Gasteiger charge is -2.25. The van der Waals surface area contributed by atoms with Crippen LogP contribution in [-0.2, 0) is 19.1 Å². The van der Waals surface area contributed by atoms with Gasteiger partial charge >= 0.3 is 0 Å². The number of hydrogen-bond donors (Lipinski definition) is 1. The van der Waals surface area contributed by atoms with Crippen LogP contribution >= 0.6 is 0 Å². The van der Waals surface area contributed by atoms with Crippen LogP contribution in [0.25, 0.3) is 11.0 Å². The fraction of sp³-hybridized carbons (Fsp3) is 0.278. The highest BCUT2D eigenvalue weighted by molar-refractivity contribution is 5.75. The van der Waals surface area contributed by atoms with Gasteiger partial charge < -0.3 is 9.67 Å². The molecular formula is C18H20N2O. The van der Waals surface area contributed by atoms with E-state index in [1.54, 1.807) is 0 Å². The van der Waals surface area contributed by atoms with E-state index in [9.17, 15) is 5.11 Å². The third-order valence-corrected chi connectivity index (χ3v) is 4.11. The van der Waals surface area contributed by atoms with Gasteiger partial charge in [-0.05, 0) is 37.1 Å². The van der Waals surface area contributed by atoms with Crippen LogP contribution in [0.3, 0.4) is 0 Å². The van der Waals surface area contributed by atoms with Crippen molar-refractivity contribution in [3.05, 3.63) is 65.5 Å². The van der Waals surface area contributed by atoms with Crippen molar-refractivity contribution in [1.29, 1.82) is 0 Å². The average molecular weight is 280 g/mol. The van der Waals surface area contributed by atoms with E-state index in [0.717, 1.165) is 28.0 Å². The van der Waals surface area contributed by atoms with Gasteiger partial charge in [0, 0.05) is 13.5 Å². The van der Waals surface area contributed by atoms with E-state index in [-0.39, 0.29) is 0 Å². The van der Waals surface area contributed by atoms with Gasteiger partial charge in [-0.1, -0.05) is 36.4 Å². The molecule has 0 aliphatic heterocycles. The number of aryl methyl sites for hydroxylation is 2. The first-order valence-electron chi connectivity index (χ1n) is 7.18. The number of para-hydroxylation sites is 2. The molecule has 1 aromatic heterocycles. The third-order valence-electron chi connectivity index (χ3n) is 4.11. The van der Waals surface area contributed by atoms with Gasteiger partial charge in [-0.2, -0.15) is 0 Å². The molecule has 0 aliphatic carbocycles. The number of imidazole rings is 1. The average Bonchev–Trinajstić information content (AvgIpc) is 2.76. The number of fused-ring (bicyclic) bond motifs is 1. The summed E-state index contributed by atoms with van der Waals surface area (Å²) in [4.78, 5) is 4.66. The highest BCUT2D eigenvalue weighted by atomic mass is 16.3. The van der Waals surface area contributed by atoms with Gasteiger partial charge in [0.1, 0.15) is 5.82 Å². The van der Waals surface area contributed by atoms with E-state index >= 15 is 0 Å². The molecule has 1 heterocycles. The molecule has 3 aromatic rings. The first-order valence-corrected chi connectivity index (χ1v) is 7.18. The summed E-state index contributed by atoms with van der Waals surface area (Å²) < 4.78 is 2.06. The van der Waals surface area contributed by atoms with Crippen molar-refractivity contribution in [3.63, 3.8) is 0 Å². The molecule has 1 unspecified atom stereocenters. The van der Waals surface area contributed by atoms with Crippen LogP contribution in [-0.4, -0.2) is 14.7 Å². The molecule has 3 rings (SSSR count). The molecule has 0 fully saturated rings. The quantitative estimate of drug-likeness (QED) is 0.799.